The van der Waals surface area contributed by atoms with E-state index < -0.39 is 5.60 Å². The summed E-state index contributed by atoms with van der Waals surface area (Å²) in [4.78, 5) is 11.9. The van der Waals surface area contributed by atoms with Crippen molar-refractivity contribution in [2.45, 2.75) is 32.3 Å². The number of amides is 1. The lowest BCUT2D eigenvalue weighted by Crippen LogP contribution is -2.42. The second-order valence-corrected chi connectivity index (χ2v) is 5.50. The van der Waals surface area contributed by atoms with E-state index >= 15 is 0 Å². The van der Waals surface area contributed by atoms with E-state index in [2.05, 4.69) is 21.2 Å². The third-order valence-corrected chi connectivity index (χ3v) is 4.29. The Kier molecular flexibility index (Phi) is 5.63. The number of benzene rings is 1. The van der Waals surface area contributed by atoms with E-state index in [1.807, 2.05) is 13.8 Å². The molecule has 18 heavy (non-hydrogen) atoms. The Morgan fingerprint density at radius 1 is 1.44 bits per heavy atom. The number of nitrogens with one attached hydrogen (secondary N) is 1. The van der Waals surface area contributed by atoms with Crippen LogP contribution in [0.15, 0.2) is 22.7 Å². The molecule has 2 N–H and O–H groups in total. The molecular weight excluding hydrogens is 318 g/mol. The van der Waals surface area contributed by atoms with Crippen LogP contribution in [0.4, 0.5) is 0 Å². The highest BCUT2D eigenvalue weighted by Crippen LogP contribution is 2.23. The van der Waals surface area contributed by atoms with Crippen LogP contribution in [-0.2, 0) is 0 Å². The van der Waals surface area contributed by atoms with Crippen molar-refractivity contribution in [2.24, 2.45) is 0 Å². The molecule has 0 aliphatic rings. The first-order valence-corrected chi connectivity index (χ1v) is 7.04. The van der Waals surface area contributed by atoms with E-state index in [0.29, 0.717) is 27.9 Å². The third-order valence-electron chi connectivity index (χ3n) is 3.08. The summed E-state index contributed by atoms with van der Waals surface area (Å²) in [6.45, 7) is 4.04. The number of aliphatic hydroxyl groups is 1. The van der Waals surface area contributed by atoms with Crippen LogP contribution in [0.1, 0.15) is 37.0 Å². The maximum atomic E-state index is 11.9. The average Bonchev–Trinajstić information content (AvgIpc) is 2.38. The molecular formula is C13H17BrClNO2. The van der Waals surface area contributed by atoms with Crippen LogP contribution in [0.3, 0.4) is 0 Å². The molecule has 0 heterocycles. The van der Waals surface area contributed by atoms with Crippen LogP contribution >= 0.6 is 27.5 Å². The van der Waals surface area contributed by atoms with Gasteiger partial charge in [-0.15, -0.1) is 0 Å². The smallest absolute Gasteiger partial charge is 0.251 e. The lowest BCUT2D eigenvalue weighted by atomic mass is 9.97. The molecule has 1 aromatic rings. The third kappa shape index (κ3) is 3.97. The summed E-state index contributed by atoms with van der Waals surface area (Å²) in [6.07, 6.45) is 1.21. The van der Waals surface area contributed by atoms with Gasteiger partial charge < -0.3 is 10.4 Å². The average molecular weight is 335 g/mol. The van der Waals surface area contributed by atoms with Gasteiger partial charge in [0.1, 0.15) is 0 Å². The molecule has 1 rings (SSSR count). The van der Waals surface area contributed by atoms with Crippen molar-refractivity contribution >= 4 is 33.4 Å². The summed E-state index contributed by atoms with van der Waals surface area (Å²) in [5.74, 6) is -0.215. The number of hydrogen-bond acceptors (Lipinski definition) is 2. The Balaban J connectivity index is 2.68. The fourth-order valence-corrected chi connectivity index (χ4v) is 1.98. The molecule has 0 atom stereocenters. The van der Waals surface area contributed by atoms with Crippen LogP contribution in [0, 0.1) is 0 Å². The number of hydrogen-bond donors (Lipinski definition) is 2. The number of carbonyl (C=O) groups is 1. The standard InChI is InChI=1S/C13H17BrClNO2/c1-3-13(18,4-2)8-16-12(17)9-5-6-11(15)10(14)7-9/h5-7,18H,3-4,8H2,1-2H3,(H,16,17). The summed E-state index contributed by atoms with van der Waals surface area (Å²) >= 11 is 9.13. The number of carbonyl (C=O) groups excluding carboxylic acids is 1. The molecule has 0 saturated carbocycles. The summed E-state index contributed by atoms with van der Waals surface area (Å²) in [6, 6.07) is 4.97. The molecule has 0 bridgehead atoms. The van der Waals surface area contributed by atoms with E-state index in [0.717, 1.165) is 0 Å². The predicted octanol–water partition coefficient (Wildman–Crippen LogP) is 3.38. The van der Waals surface area contributed by atoms with E-state index in [1.54, 1.807) is 18.2 Å². The quantitative estimate of drug-likeness (QED) is 0.867. The molecule has 0 unspecified atom stereocenters. The maximum Gasteiger partial charge on any atom is 0.251 e. The van der Waals surface area contributed by atoms with Gasteiger partial charge >= 0.3 is 0 Å². The van der Waals surface area contributed by atoms with Gasteiger partial charge in [0.05, 0.1) is 10.6 Å². The van der Waals surface area contributed by atoms with Gasteiger partial charge in [0.25, 0.3) is 5.91 Å². The molecule has 0 fully saturated rings. The minimum Gasteiger partial charge on any atom is -0.388 e. The molecule has 0 spiro atoms. The normalized spacial score (nSPS) is 11.4. The molecule has 0 aromatic heterocycles. The van der Waals surface area contributed by atoms with Crippen molar-refractivity contribution in [3.63, 3.8) is 0 Å². The van der Waals surface area contributed by atoms with Gasteiger partial charge in [-0.3, -0.25) is 4.79 Å². The fourth-order valence-electron chi connectivity index (χ4n) is 1.48. The largest absolute Gasteiger partial charge is 0.388 e. The lowest BCUT2D eigenvalue weighted by molar-refractivity contribution is 0.0314. The van der Waals surface area contributed by atoms with Crippen molar-refractivity contribution in [1.82, 2.24) is 5.32 Å². The van der Waals surface area contributed by atoms with Gasteiger partial charge in [0.2, 0.25) is 0 Å². The van der Waals surface area contributed by atoms with E-state index in [-0.39, 0.29) is 12.5 Å². The van der Waals surface area contributed by atoms with Gasteiger partial charge in [-0.05, 0) is 47.0 Å². The molecule has 5 heteroatoms. The van der Waals surface area contributed by atoms with Crippen molar-refractivity contribution in [3.8, 4) is 0 Å². The van der Waals surface area contributed by atoms with Gasteiger partial charge in [0, 0.05) is 16.6 Å². The van der Waals surface area contributed by atoms with Crippen molar-refractivity contribution in [2.75, 3.05) is 6.54 Å². The Morgan fingerprint density at radius 3 is 2.56 bits per heavy atom. The summed E-state index contributed by atoms with van der Waals surface area (Å²) < 4.78 is 0.679. The van der Waals surface area contributed by atoms with Gasteiger partial charge in [-0.2, -0.15) is 0 Å². The maximum absolute atomic E-state index is 11.9. The van der Waals surface area contributed by atoms with Crippen molar-refractivity contribution < 1.29 is 9.90 Å². The summed E-state index contributed by atoms with van der Waals surface area (Å²) in [7, 11) is 0. The minimum atomic E-state index is -0.834. The highest BCUT2D eigenvalue weighted by Gasteiger charge is 2.23. The van der Waals surface area contributed by atoms with E-state index in [4.69, 9.17) is 11.6 Å². The first-order valence-electron chi connectivity index (χ1n) is 5.87. The molecule has 1 amide bonds. The topological polar surface area (TPSA) is 49.3 Å². The SMILES string of the molecule is CCC(O)(CC)CNC(=O)c1ccc(Cl)c(Br)c1. The summed E-state index contributed by atoms with van der Waals surface area (Å²) in [5.41, 5.74) is -0.319. The van der Waals surface area contributed by atoms with Gasteiger partial charge in [0.15, 0.2) is 0 Å². The summed E-state index contributed by atoms with van der Waals surface area (Å²) in [5, 5.41) is 13.4. The van der Waals surface area contributed by atoms with E-state index in [9.17, 15) is 9.90 Å². The van der Waals surface area contributed by atoms with Crippen LogP contribution in [-0.4, -0.2) is 23.2 Å². The zero-order valence-corrected chi connectivity index (χ0v) is 12.8. The van der Waals surface area contributed by atoms with Gasteiger partial charge in [-0.1, -0.05) is 25.4 Å². The minimum absolute atomic E-state index is 0.215. The molecule has 3 nitrogen and oxygen atoms in total. The first kappa shape index (κ1) is 15.5. The van der Waals surface area contributed by atoms with Crippen LogP contribution < -0.4 is 5.32 Å². The molecule has 0 aliphatic heterocycles. The highest BCUT2D eigenvalue weighted by molar-refractivity contribution is 9.10. The van der Waals surface area contributed by atoms with Crippen molar-refractivity contribution in [3.05, 3.63) is 33.3 Å². The second kappa shape index (κ2) is 6.55. The molecule has 1 aromatic carbocycles. The number of rotatable bonds is 5. The molecule has 0 radical (unpaired) electrons. The zero-order valence-electron chi connectivity index (χ0n) is 10.5. The molecule has 100 valence electrons. The first-order chi connectivity index (χ1) is 8.41. The highest BCUT2D eigenvalue weighted by atomic mass is 79.9. The van der Waals surface area contributed by atoms with Crippen LogP contribution in [0.5, 0.6) is 0 Å². The lowest BCUT2D eigenvalue weighted by Gasteiger charge is -2.25. The Labute approximate surface area is 121 Å². The van der Waals surface area contributed by atoms with Crippen molar-refractivity contribution in [1.29, 1.82) is 0 Å². The second-order valence-electron chi connectivity index (χ2n) is 4.24. The zero-order chi connectivity index (χ0) is 13.8. The van der Waals surface area contributed by atoms with Crippen LogP contribution in [0.2, 0.25) is 5.02 Å². The monoisotopic (exact) mass is 333 g/mol. The van der Waals surface area contributed by atoms with E-state index in [1.165, 1.54) is 0 Å². The Morgan fingerprint density at radius 2 is 2.06 bits per heavy atom. The fraction of sp³-hybridized carbons (Fsp3) is 0.462. The van der Waals surface area contributed by atoms with Gasteiger partial charge in [-0.25, -0.2) is 0 Å². The van der Waals surface area contributed by atoms with Crippen LogP contribution in [0.25, 0.3) is 0 Å². The molecule has 0 saturated heterocycles. The number of halogens is 2. The Hall–Kier alpha value is -0.580. The Bertz CT molecular complexity index is 433. The predicted molar refractivity (Wildman–Crippen MR) is 77.0 cm³/mol. The molecule has 0 aliphatic carbocycles.